The molecule has 0 spiro atoms. The van der Waals surface area contributed by atoms with Crippen LogP contribution >= 0.6 is 11.8 Å². The standard InChI is InChI=1S/C28H25N3O3S/c1-19-12-13-25-23(16-19)31-28(34-25)35-18-26-30-24(17-33-26)27(32)29-15-14-22(20-8-4-2-5-9-20)21-10-6-3-7-11-21/h2-13,16-17,22H,14-15,18H2,1H3,(H,29,32). The van der Waals surface area contributed by atoms with E-state index in [4.69, 9.17) is 8.83 Å². The highest BCUT2D eigenvalue weighted by atomic mass is 32.2. The summed E-state index contributed by atoms with van der Waals surface area (Å²) >= 11 is 1.38. The van der Waals surface area contributed by atoms with Crippen LogP contribution in [-0.2, 0) is 5.75 Å². The molecule has 0 aliphatic heterocycles. The van der Waals surface area contributed by atoms with Crippen molar-refractivity contribution < 1.29 is 13.6 Å². The number of nitrogens with zero attached hydrogens (tertiary/aromatic N) is 2. The van der Waals surface area contributed by atoms with Crippen LogP contribution in [0.1, 0.15) is 45.4 Å². The smallest absolute Gasteiger partial charge is 0.273 e. The first-order valence-electron chi connectivity index (χ1n) is 11.5. The van der Waals surface area contributed by atoms with Gasteiger partial charge in [0.15, 0.2) is 11.3 Å². The van der Waals surface area contributed by atoms with Crippen LogP contribution in [0.2, 0.25) is 0 Å². The number of aromatic nitrogens is 2. The number of oxazole rings is 2. The fourth-order valence-electron chi connectivity index (χ4n) is 4.00. The maximum Gasteiger partial charge on any atom is 0.273 e. The summed E-state index contributed by atoms with van der Waals surface area (Å²) in [6.07, 6.45) is 2.17. The molecule has 2 heterocycles. The number of carbonyl (C=O) groups is 1. The van der Waals surface area contributed by atoms with Crippen molar-refractivity contribution in [2.75, 3.05) is 6.54 Å². The van der Waals surface area contributed by atoms with Crippen molar-refractivity contribution in [1.82, 2.24) is 15.3 Å². The molecule has 5 rings (SSSR count). The summed E-state index contributed by atoms with van der Waals surface area (Å²) in [5, 5.41) is 3.52. The summed E-state index contributed by atoms with van der Waals surface area (Å²) in [5.41, 5.74) is 5.42. The summed E-state index contributed by atoms with van der Waals surface area (Å²) < 4.78 is 11.3. The van der Waals surface area contributed by atoms with E-state index in [1.54, 1.807) is 0 Å². The lowest BCUT2D eigenvalue weighted by Gasteiger charge is -2.18. The lowest BCUT2D eigenvalue weighted by Crippen LogP contribution is -2.26. The van der Waals surface area contributed by atoms with E-state index in [9.17, 15) is 4.79 Å². The third-order valence-electron chi connectivity index (χ3n) is 5.75. The quantitative estimate of drug-likeness (QED) is 0.245. The summed E-state index contributed by atoms with van der Waals surface area (Å²) in [6, 6.07) is 26.6. The topological polar surface area (TPSA) is 81.2 Å². The lowest BCUT2D eigenvalue weighted by atomic mass is 9.88. The van der Waals surface area contributed by atoms with Gasteiger partial charge in [-0.15, -0.1) is 0 Å². The minimum Gasteiger partial charge on any atom is -0.447 e. The first kappa shape index (κ1) is 22.9. The van der Waals surface area contributed by atoms with E-state index in [-0.39, 0.29) is 17.5 Å². The normalized spacial score (nSPS) is 11.3. The number of nitrogens with one attached hydrogen (secondary N) is 1. The number of amides is 1. The van der Waals surface area contributed by atoms with E-state index in [2.05, 4.69) is 39.6 Å². The Morgan fingerprint density at radius 2 is 1.69 bits per heavy atom. The monoisotopic (exact) mass is 483 g/mol. The zero-order valence-electron chi connectivity index (χ0n) is 19.3. The van der Waals surface area contributed by atoms with Gasteiger partial charge in [0.2, 0.25) is 5.89 Å². The lowest BCUT2D eigenvalue weighted by molar-refractivity contribution is 0.0947. The van der Waals surface area contributed by atoms with Crippen molar-refractivity contribution in [3.05, 3.63) is 113 Å². The second kappa shape index (κ2) is 10.6. The molecule has 0 radical (unpaired) electrons. The van der Waals surface area contributed by atoms with Crippen LogP contribution in [0.3, 0.4) is 0 Å². The van der Waals surface area contributed by atoms with Gasteiger partial charge in [0.05, 0.1) is 5.75 Å². The van der Waals surface area contributed by atoms with E-state index in [1.807, 2.05) is 61.5 Å². The molecule has 5 aromatic rings. The third-order valence-corrected chi connectivity index (χ3v) is 6.56. The molecule has 1 amide bonds. The van der Waals surface area contributed by atoms with E-state index < -0.39 is 0 Å². The maximum absolute atomic E-state index is 12.7. The molecule has 35 heavy (non-hydrogen) atoms. The SMILES string of the molecule is Cc1ccc2oc(SCc3nc(C(=O)NCCC(c4ccccc4)c4ccccc4)co3)nc2c1. The number of fused-ring (bicyclic) bond motifs is 1. The van der Waals surface area contributed by atoms with Crippen LogP contribution in [0.15, 0.2) is 99.2 Å². The molecule has 7 heteroatoms. The van der Waals surface area contributed by atoms with Gasteiger partial charge in [0.1, 0.15) is 11.8 Å². The molecule has 0 unspecified atom stereocenters. The molecule has 0 aliphatic carbocycles. The average molecular weight is 484 g/mol. The van der Waals surface area contributed by atoms with E-state index in [0.717, 1.165) is 23.1 Å². The summed E-state index contributed by atoms with van der Waals surface area (Å²) in [7, 11) is 0. The molecule has 6 nitrogen and oxygen atoms in total. The van der Waals surface area contributed by atoms with Crippen LogP contribution in [0.25, 0.3) is 11.1 Å². The van der Waals surface area contributed by atoms with Crippen LogP contribution < -0.4 is 5.32 Å². The summed E-state index contributed by atoms with van der Waals surface area (Å²) in [4.78, 5) is 21.5. The maximum atomic E-state index is 12.7. The molecule has 0 bridgehead atoms. The molecule has 176 valence electrons. The highest BCUT2D eigenvalue weighted by Gasteiger charge is 2.17. The molecule has 0 atom stereocenters. The number of hydrogen-bond acceptors (Lipinski definition) is 6. The second-order valence-corrected chi connectivity index (χ2v) is 9.21. The second-order valence-electron chi connectivity index (χ2n) is 8.28. The third kappa shape index (κ3) is 5.63. The van der Waals surface area contributed by atoms with Crippen molar-refractivity contribution in [1.29, 1.82) is 0 Å². The van der Waals surface area contributed by atoms with Crippen LogP contribution in [0.5, 0.6) is 0 Å². The van der Waals surface area contributed by atoms with E-state index in [0.29, 0.717) is 23.4 Å². The predicted molar refractivity (Wildman–Crippen MR) is 136 cm³/mol. The Hall–Kier alpha value is -3.84. The average Bonchev–Trinajstić information content (AvgIpc) is 3.53. The van der Waals surface area contributed by atoms with Crippen LogP contribution in [0.4, 0.5) is 0 Å². The summed E-state index contributed by atoms with van der Waals surface area (Å²) in [6.45, 7) is 2.54. The molecule has 3 aromatic carbocycles. The zero-order chi connectivity index (χ0) is 24.0. The number of aryl methyl sites for hydroxylation is 1. The minimum absolute atomic E-state index is 0.196. The highest BCUT2D eigenvalue weighted by Crippen LogP contribution is 2.28. The predicted octanol–water partition coefficient (Wildman–Crippen LogP) is 6.37. The van der Waals surface area contributed by atoms with Crippen LogP contribution in [-0.4, -0.2) is 22.4 Å². The highest BCUT2D eigenvalue weighted by molar-refractivity contribution is 7.98. The van der Waals surface area contributed by atoms with E-state index >= 15 is 0 Å². The largest absolute Gasteiger partial charge is 0.447 e. The molecule has 0 saturated carbocycles. The van der Waals surface area contributed by atoms with Crippen LogP contribution in [0, 0.1) is 6.92 Å². The Bertz CT molecular complexity index is 1370. The summed E-state index contributed by atoms with van der Waals surface area (Å²) in [5.74, 6) is 0.817. The molecular weight excluding hydrogens is 458 g/mol. The van der Waals surface area contributed by atoms with Gasteiger partial charge < -0.3 is 14.2 Å². The van der Waals surface area contributed by atoms with Crippen molar-refractivity contribution >= 4 is 28.8 Å². The van der Waals surface area contributed by atoms with Gasteiger partial charge in [-0.05, 0) is 42.2 Å². The Morgan fingerprint density at radius 3 is 2.40 bits per heavy atom. The number of carbonyl (C=O) groups excluding carboxylic acids is 1. The zero-order valence-corrected chi connectivity index (χ0v) is 20.1. The van der Waals surface area contributed by atoms with Crippen molar-refractivity contribution in [2.24, 2.45) is 0 Å². The fraction of sp³-hybridized carbons (Fsp3) is 0.179. The van der Waals surface area contributed by atoms with E-state index in [1.165, 1.54) is 29.2 Å². The molecule has 0 saturated heterocycles. The molecule has 0 fully saturated rings. The molecule has 2 aromatic heterocycles. The van der Waals surface area contributed by atoms with Crippen molar-refractivity contribution in [2.45, 2.75) is 30.2 Å². The number of benzene rings is 3. The molecular formula is C28H25N3O3S. The fourth-order valence-corrected chi connectivity index (χ4v) is 4.69. The molecule has 0 aliphatic rings. The van der Waals surface area contributed by atoms with Gasteiger partial charge in [-0.25, -0.2) is 9.97 Å². The Balaban J connectivity index is 1.17. The minimum atomic E-state index is -0.248. The van der Waals surface area contributed by atoms with Gasteiger partial charge in [-0.3, -0.25) is 4.79 Å². The van der Waals surface area contributed by atoms with Gasteiger partial charge in [-0.2, -0.15) is 0 Å². The Labute approximate surface area is 207 Å². The first-order valence-corrected chi connectivity index (χ1v) is 12.5. The Kier molecular flexibility index (Phi) is 6.95. The van der Waals surface area contributed by atoms with Crippen molar-refractivity contribution in [3.63, 3.8) is 0 Å². The number of thioether (sulfide) groups is 1. The molecule has 1 N–H and O–H groups in total. The van der Waals surface area contributed by atoms with Crippen molar-refractivity contribution in [3.8, 4) is 0 Å². The number of hydrogen-bond donors (Lipinski definition) is 1. The first-order chi connectivity index (χ1) is 17.2. The van der Waals surface area contributed by atoms with Gasteiger partial charge in [0.25, 0.3) is 11.1 Å². The van der Waals surface area contributed by atoms with Gasteiger partial charge in [0, 0.05) is 12.5 Å². The Morgan fingerprint density at radius 1 is 0.971 bits per heavy atom. The van der Waals surface area contributed by atoms with Gasteiger partial charge in [-0.1, -0.05) is 78.5 Å². The number of rotatable bonds is 9. The van der Waals surface area contributed by atoms with Gasteiger partial charge >= 0.3 is 0 Å².